The number of benzene rings is 1. The van der Waals surface area contributed by atoms with E-state index in [0.29, 0.717) is 38.4 Å². The van der Waals surface area contributed by atoms with Crippen molar-refractivity contribution in [2.45, 2.75) is 73.4 Å². The minimum absolute atomic E-state index is 0.0206. The number of hydrogen-bond acceptors (Lipinski definition) is 5. The van der Waals surface area contributed by atoms with E-state index < -0.39 is 10.0 Å². The summed E-state index contributed by atoms with van der Waals surface area (Å²) in [6, 6.07) is 5.29. The van der Waals surface area contributed by atoms with Gasteiger partial charge in [0.15, 0.2) is 0 Å². The molecule has 2 aliphatic heterocycles. The standard InChI is InChI=1S/C27H38BrN3O4S/c28-27-16-20-12-21(17-27)15-26(14-20,19-27)18-25(32)29-23-13-22(36(33,34)31-8-10-35-11-9-31)4-5-24(23)30-6-2-1-3-7-30/h4-5,13,20-21H,1-3,6-12,14-19H2,(H,29,32)/t20-,21-,26?,27?/m1/s1. The number of rotatable bonds is 6. The summed E-state index contributed by atoms with van der Waals surface area (Å²) in [6.45, 7) is 3.39. The lowest BCUT2D eigenvalue weighted by atomic mass is 9.48. The Hall–Kier alpha value is -1.16. The van der Waals surface area contributed by atoms with Crippen LogP contribution in [0, 0.1) is 17.3 Å². The fraction of sp³-hybridized carbons (Fsp3) is 0.741. The molecule has 4 saturated carbocycles. The van der Waals surface area contributed by atoms with Gasteiger partial charge in [0.2, 0.25) is 15.9 Å². The summed E-state index contributed by atoms with van der Waals surface area (Å²) in [4.78, 5) is 16.1. The number of amides is 1. The second-order valence-electron chi connectivity index (χ2n) is 12.1. The van der Waals surface area contributed by atoms with Crippen LogP contribution in [0.1, 0.15) is 64.2 Å². The van der Waals surface area contributed by atoms with Gasteiger partial charge in [-0.2, -0.15) is 4.31 Å². The number of nitrogens with one attached hydrogen (secondary N) is 1. The van der Waals surface area contributed by atoms with E-state index in [-0.39, 0.29) is 20.5 Å². The predicted octanol–water partition coefficient (Wildman–Crippen LogP) is 4.76. The van der Waals surface area contributed by atoms with Crippen LogP contribution in [0.4, 0.5) is 11.4 Å². The van der Waals surface area contributed by atoms with Crippen LogP contribution in [-0.4, -0.2) is 62.3 Å². The molecule has 7 nitrogen and oxygen atoms in total. The maximum atomic E-state index is 13.6. The Balaban J connectivity index is 1.26. The van der Waals surface area contributed by atoms with Gasteiger partial charge in [-0.3, -0.25) is 4.79 Å². The summed E-state index contributed by atoms with van der Waals surface area (Å²) in [7, 11) is -3.64. The quantitative estimate of drug-likeness (QED) is 0.491. The van der Waals surface area contributed by atoms with Crippen molar-refractivity contribution >= 4 is 43.2 Å². The minimum Gasteiger partial charge on any atom is -0.379 e. The highest BCUT2D eigenvalue weighted by Crippen LogP contribution is 2.65. The van der Waals surface area contributed by atoms with E-state index in [4.69, 9.17) is 4.74 Å². The molecule has 0 radical (unpaired) electrons. The van der Waals surface area contributed by atoms with Crippen molar-refractivity contribution in [3.8, 4) is 0 Å². The first-order chi connectivity index (χ1) is 17.2. The van der Waals surface area contributed by atoms with E-state index in [1.165, 1.54) is 30.0 Å². The molecule has 1 aromatic rings. The van der Waals surface area contributed by atoms with Crippen molar-refractivity contribution in [1.29, 1.82) is 0 Å². The van der Waals surface area contributed by atoms with Gasteiger partial charge in [0, 0.05) is 36.9 Å². The molecular weight excluding hydrogens is 542 g/mol. The molecule has 6 aliphatic rings. The third kappa shape index (κ3) is 4.85. The molecule has 4 aliphatic carbocycles. The Morgan fingerprint density at radius 2 is 1.72 bits per heavy atom. The summed E-state index contributed by atoms with van der Waals surface area (Å²) >= 11 is 4.06. The maximum Gasteiger partial charge on any atom is 0.243 e. The van der Waals surface area contributed by atoms with Crippen LogP contribution in [0.2, 0.25) is 0 Å². The van der Waals surface area contributed by atoms with E-state index in [2.05, 4.69) is 26.1 Å². The van der Waals surface area contributed by atoms with Crippen LogP contribution in [0.5, 0.6) is 0 Å². The fourth-order valence-electron chi connectivity index (χ4n) is 8.20. The summed E-state index contributed by atoms with van der Waals surface area (Å²) in [6.07, 6.45) is 11.1. The first-order valence-electron chi connectivity index (χ1n) is 13.7. The molecule has 1 amide bonds. The number of carbonyl (C=O) groups excluding carboxylic acids is 1. The summed E-state index contributed by atoms with van der Waals surface area (Å²) in [5.41, 5.74) is 1.64. The first kappa shape index (κ1) is 25.1. The number of sulfonamides is 1. The smallest absolute Gasteiger partial charge is 0.243 e. The number of anilines is 2. The van der Waals surface area contributed by atoms with E-state index in [9.17, 15) is 13.2 Å². The molecule has 1 N–H and O–H groups in total. The Bertz CT molecular complexity index is 1100. The molecule has 2 saturated heterocycles. The van der Waals surface area contributed by atoms with Crippen LogP contribution in [0.3, 0.4) is 0 Å². The average molecular weight is 581 g/mol. The number of piperidine rings is 1. The van der Waals surface area contributed by atoms with Gasteiger partial charge in [0.05, 0.1) is 29.5 Å². The van der Waals surface area contributed by atoms with E-state index in [1.807, 2.05) is 6.07 Å². The zero-order valence-electron chi connectivity index (χ0n) is 21.0. The number of carbonyl (C=O) groups is 1. The van der Waals surface area contributed by atoms with Crippen molar-refractivity contribution < 1.29 is 17.9 Å². The second kappa shape index (κ2) is 9.54. The first-order valence-corrected chi connectivity index (χ1v) is 15.9. The van der Waals surface area contributed by atoms with Crippen LogP contribution in [0.15, 0.2) is 23.1 Å². The number of ether oxygens (including phenoxy) is 1. The molecule has 9 heteroatoms. The lowest BCUT2D eigenvalue weighted by molar-refractivity contribution is -0.123. The largest absolute Gasteiger partial charge is 0.379 e. The number of halogens is 1. The molecule has 2 atom stereocenters. The summed E-state index contributed by atoms with van der Waals surface area (Å²) in [5, 5.41) is 3.21. The highest BCUT2D eigenvalue weighted by Gasteiger charge is 2.57. The molecule has 0 aromatic heterocycles. The van der Waals surface area contributed by atoms with Crippen molar-refractivity contribution in [1.82, 2.24) is 4.31 Å². The number of alkyl halides is 1. The highest BCUT2D eigenvalue weighted by atomic mass is 79.9. The van der Waals surface area contributed by atoms with Gasteiger partial charge in [-0.05, 0) is 93.2 Å². The topological polar surface area (TPSA) is 79.0 Å². The Morgan fingerprint density at radius 3 is 2.39 bits per heavy atom. The van der Waals surface area contributed by atoms with Crippen LogP contribution < -0.4 is 10.2 Å². The van der Waals surface area contributed by atoms with Crippen molar-refractivity contribution in [2.75, 3.05) is 49.6 Å². The molecule has 4 bridgehead atoms. The highest BCUT2D eigenvalue weighted by molar-refractivity contribution is 9.10. The molecule has 7 rings (SSSR count). The Kier molecular flexibility index (Phi) is 6.66. The van der Waals surface area contributed by atoms with Crippen molar-refractivity contribution in [2.24, 2.45) is 17.3 Å². The zero-order valence-corrected chi connectivity index (χ0v) is 23.4. The third-order valence-electron chi connectivity index (χ3n) is 9.19. The predicted molar refractivity (Wildman–Crippen MR) is 144 cm³/mol. The van der Waals surface area contributed by atoms with E-state index in [0.717, 1.165) is 62.7 Å². The zero-order chi connectivity index (χ0) is 25.0. The van der Waals surface area contributed by atoms with Crippen LogP contribution in [0.25, 0.3) is 0 Å². The van der Waals surface area contributed by atoms with Gasteiger partial charge in [0.1, 0.15) is 0 Å². The fourth-order valence-corrected chi connectivity index (χ4v) is 11.1. The van der Waals surface area contributed by atoms with Crippen LogP contribution >= 0.6 is 15.9 Å². The average Bonchev–Trinajstić information content (AvgIpc) is 2.83. The normalized spacial score (nSPS) is 34.6. The molecule has 6 fully saturated rings. The summed E-state index contributed by atoms with van der Waals surface area (Å²) < 4.78 is 33.8. The monoisotopic (exact) mass is 579 g/mol. The van der Waals surface area contributed by atoms with Gasteiger partial charge in [0.25, 0.3) is 0 Å². The van der Waals surface area contributed by atoms with Gasteiger partial charge >= 0.3 is 0 Å². The lowest BCUT2D eigenvalue weighted by Crippen LogP contribution is -2.53. The second-order valence-corrected chi connectivity index (χ2v) is 15.7. The molecule has 0 unspecified atom stereocenters. The van der Waals surface area contributed by atoms with Crippen molar-refractivity contribution in [3.63, 3.8) is 0 Å². The molecule has 2 heterocycles. The Labute approximate surface area is 223 Å². The van der Waals surface area contributed by atoms with Crippen molar-refractivity contribution in [3.05, 3.63) is 18.2 Å². The number of morpholine rings is 1. The number of hydrogen-bond donors (Lipinski definition) is 1. The van der Waals surface area contributed by atoms with E-state index in [1.54, 1.807) is 12.1 Å². The van der Waals surface area contributed by atoms with E-state index >= 15 is 0 Å². The molecule has 0 spiro atoms. The van der Waals surface area contributed by atoms with Gasteiger partial charge in [-0.1, -0.05) is 15.9 Å². The maximum absolute atomic E-state index is 13.6. The minimum atomic E-state index is -3.64. The lowest BCUT2D eigenvalue weighted by Gasteiger charge is -2.60. The Morgan fingerprint density at radius 1 is 1.03 bits per heavy atom. The molecule has 198 valence electrons. The van der Waals surface area contributed by atoms with Gasteiger partial charge < -0.3 is 15.0 Å². The van der Waals surface area contributed by atoms with Gasteiger partial charge in [-0.15, -0.1) is 0 Å². The van der Waals surface area contributed by atoms with Gasteiger partial charge in [-0.25, -0.2) is 8.42 Å². The molecule has 1 aromatic carbocycles. The molecular formula is C27H38BrN3O4S. The molecule has 36 heavy (non-hydrogen) atoms. The number of nitrogens with zero attached hydrogens (tertiary/aromatic N) is 2. The third-order valence-corrected chi connectivity index (χ3v) is 12.0. The SMILES string of the molecule is O=C(CC12C[C@H]3C[C@@H](CC(Br)(C3)C1)C2)Nc1cc(S(=O)(=O)N2CCOCC2)ccc1N1CCCCC1. The van der Waals surface area contributed by atoms with Crippen LogP contribution in [-0.2, 0) is 19.6 Å². The summed E-state index contributed by atoms with van der Waals surface area (Å²) in [5.74, 6) is 1.47.